The molecule has 0 aliphatic carbocycles. The fourth-order valence-electron chi connectivity index (χ4n) is 2.57. The Morgan fingerprint density at radius 3 is 2.75 bits per heavy atom. The van der Waals surface area contributed by atoms with Crippen LogP contribution in [0.2, 0.25) is 0 Å². The third kappa shape index (κ3) is 3.57. The number of nitrogens with zero attached hydrogens (tertiary/aromatic N) is 1. The summed E-state index contributed by atoms with van der Waals surface area (Å²) in [5.41, 5.74) is 7.35. The molecule has 0 bridgehead atoms. The fraction of sp³-hybridized carbons (Fsp3) is 0.467. The van der Waals surface area contributed by atoms with Gasteiger partial charge >= 0.3 is 0 Å². The van der Waals surface area contributed by atoms with E-state index >= 15 is 0 Å². The average molecular weight is 275 g/mol. The van der Waals surface area contributed by atoms with E-state index in [9.17, 15) is 9.59 Å². The van der Waals surface area contributed by atoms with Crippen LogP contribution >= 0.6 is 0 Å². The zero-order valence-electron chi connectivity index (χ0n) is 11.8. The summed E-state index contributed by atoms with van der Waals surface area (Å²) in [6.45, 7) is 3.58. The van der Waals surface area contributed by atoms with Gasteiger partial charge in [0.15, 0.2) is 0 Å². The lowest BCUT2D eigenvalue weighted by atomic mass is 10.0. The molecule has 5 heteroatoms. The summed E-state index contributed by atoms with van der Waals surface area (Å²) >= 11 is 0. The lowest BCUT2D eigenvalue weighted by Gasteiger charge is -2.27. The maximum atomic E-state index is 12.5. The third-order valence-electron chi connectivity index (χ3n) is 3.72. The lowest BCUT2D eigenvalue weighted by molar-refractivity contribution is -0.136. The third-order valence-corrected chi connectivity index (χ3v) is 3.72. The predicted molar refractivity (Wildman–Crippen MR) is 77.1 cm³/mol. The zero-order chi connectivity index (χ0) is 14.5. The van der Waals surface area contributed by atoms with E-state index in [1.54, 1.807) is 4.90 Å². The molecule has 1 unspecified atom stereocenters. The molecule has 1 aromatic carbocycles. The summed E-state index contributed by atoms with van der Waals surface area (Å²) in [6, 6.07) is 7.87. The first-order valence-corrected chi connectivity index (χ1v) is 6.91. The van der Waals surface area contributed by atoms with E-state index in [2.05, 4.69) is 5.32 Å². The minimum atomic E-state index is -0.463. The Labute approximate surface area is 119 Å². The number of rotatable bonds is 5. The molecule has 20 heavy (non-hydrogen) atoms. The molecular formula is C15H21N3O2. The number of nitrogens with one attached hydrogen (secondary N) is 1. The van der Waals surface area contributed by atoms with Gasteiger partial charge in [-0.2, -0.15) is 0 Å². The Kier molecular flexibility index (Phi) is 4.74. The van der Waals surface area contributed by atoms with Gasteiger partial charge < -0.3 is 16.0 Å². The van der Waals surface area contributed by atoms with Crippen LogP contribution in [0.25, 0.3) is 0 Å². The molecule has 2 amide bonds. The van der Waals surface area contributed by atoms with Gasteiger partial charge in [-0.05, 0) is 31.0 Å². The van der Waals surface area contributed by atoms with Crippen LogP contribution in [-0.2, 0) is 16.0 Å². The number of nitrogens with two attached hydrogens (primary N) is 1. The van der Waals surface area contributed by atoms with E-state index in [-0.39, 0.29) is 18.5 Å². The molecule has 1 heterocycles. The molecule has 1 aliphatic heterocycles. The van der Waals surface area contributed by atoms with Gasteiger partial charge in [-0.25, -0.2) is 0 Å². The van der Waals surface area contributed by atoms with Crippen molar-refractivity contribution in [1.82, 2.24) is 10.2 Å². The molecule has 3 N–H and O–H groups in total. The maximum absolute atomic E-state index is 12.5. The first-order chi connectivity index (χ1) is 9.58. The van der Waals surface area contributed by atoms with Crippen molar-refractivity contribution in [3.05, 3.63) is 35.4 Å². The Balaban J connectivity index is 2.09. The zero-order valence-corrected chi connectivity index (χ0v) is 11.8. The van der Waals surface area contributed by atoms with Crippen molar-refractivity contribution in [3.63, 3.8) is 0 Å². The smallest absolute Gasteiger partial charge is 0.237 e. The van der Waals surface area contributed by atoms with Crippen LogP contribution in [-0.4, -0.2) is 42.4 Å². The molecule has 1 fully saturated rings. The number of carbonyl (C=O) groups excluding carboxylic acids is 2. The number of hydrogen-bond acceptors (Lipinski definition) is 3. The molecule has 2 rings (SSSR count). The van der Waals surface area contributed by atoms with Gasteiger partial charge in [0.05, 0.1) is 13.0 Å². The SMILES string of the molecule is Cc1ccccc1CC(=O)N(CC(N)=O)C1CCNC1. The van der Waals surface area contributed by atoms with Crippen molar-refractivity contribution in [2.24, 2.45) is 5.73 Å². The van der Waals surface area contributed by atoms with Crippen molar-refractivity contribution < 1.29 is 9.59 Å². The predicted octanol–water partition coefficient (Wildman–Crippen LogP) is 0.213. The normalized spacial score (nSPS) is 17.9. The van der Waals surface area contributed by atoms with E-state index in [0.717, 1.165) is 30.6 Å². The highest BCUT2D eigenvalue weighted by atomic mass is 16.2. The van der Waals surface area contributed by atoms with E-state index in [0.29, 0.717) is 6.42 Å². The van der Waals surface area contributed by atoms with Crippen LogP contribution in [0.5, 0.6) is 0 Å². The van der Waals surface area contributed by atoms with Crippen molar-refractivity contribution in [2.45, 2.75) is 25.8 Å². The minimum absolute atomic E-state index is 0.00292. The molecule has 0 saturated carbocycles. The van der Waals surface area contributed by atoms with Crippen LogP contribution in [0.3, 0.4) is 0 Å². The van der Waals surface area contributed by atoms with Gasteiger partial charge in [0.1, 0.15) is 0 Å². The molecule has 1 atom stereocenters. The Morgan fingerprint density at radius 2 is 2.15 bits per heavy atom. The molecule has 108 valence electrons. The molecule has 0 spiro atoms. The topological polar surface area (TPSA) is 75.4 Å². The van der Waals surface area contributed by atoms with Gasteiger partial charge in [0, 0.05) is 12.6 Å². The van der Waals surface area contributed by atoms with E-state index in [1.165, 1.54) is 0 Å². The molecule has 0 radical (unpaired) electrons. The van der Waals surface area contributed by atoms with Gasteiger partial charge in [0.25, 0.3) is 0 Å². The van der Waals surface area contributed by atoms with Crippen molar-refractivity contribution >= 4 is 11.8 Å². The largest absolute Gasteiger partial charge is 0.368 e. The van der Waals surface area contributed by atoms with Crippen LogP contribution in [0.4, 0.5) is 0 Å². The van der Waals surface area contributed by atoms with Crippen LogP contribution < -0.4 is 11.1 Å². The minimum Gasteiger partial charge on any atom is -0.368 e. The molecule has 1 aliphatic rings. The fourth-order valence-corrected chi connectivity index (χ4v) is 2.57. The molecule has 1 aromatic rings. The number of amides is 2. The number of benzene rings is 1. The van der Waals surface area contributed by atoms with Crippen molar-refractivity contribution in [3.8, 4) is 0 Å². The monoisotopic (exact) mass is 275 g/mol. The Hall–Kier alpha value is -1.88. The molecule has 1 saturated heterocycles. The van der Waals surface area contributed by atoms with E-state index in [4.69, 9.17) is 5.73 Å². The van der Waals surface area contributed by atoms with Crippen LogP contribution in [0.15, 0.2) is 24.3 Å². The second kappa shape index (κ2) is 6.52. The van der Waals surface area contributed by atoms with Crippen LogP contribution in [0.1, 0.15) is 17.5 Å². The molecule has 0 aromatic heterocycles. The maximum Gasteiger partial charge on any atom is 0.237 e. The number of hydrogen-bond donors (Lipinski definition) is 2. The summed E-state index contributed by atoms with van der Waals surface area (Å²) < 4.78 is 0. The quantitative estimate of drug-likeness (QED) is 0.807. The van der Waals surface area contributed by atoms with Crippen LogP contribution in [0, 0.1) is 6.92 Å². The van der Waals surface area contributed by atoms with Gasteiger partial charge in [-0.3, -0.25) is 9.59 Å². The second-order valence-electron chi connectivity index (χ2n) is 5.24. The second-order valence-corrected chi connectivity index (χ2v) is 5.24. The van der Waals surface area contributed by atoms with Gasteiger partial charge in [0.2, 0.25) is 11.8 Å². The molecule has 5 nitrogen and oxygen atoms in total. The summed E-state index contributed by atoms with van der Waals surface area (Å²) in [5, 5.41) is 3.21. The Morgan fingerprint density at radius 1 is 1.40 bits per heavy atom. The standard InChI is InChI=1S/C15H21N3O2/c1-11-4-2-3-5-12(11)8-15(20)18(10-14(16)19)13-6-7-17-9-13/h2-5,13,17H,6-10H2,1H3,(H2,16,19). The lowest BCUT2D eigenvalue weighted by Crippen LogP contribution is -2.46. The van der Waals surface area contributed by atoms with E-state index < -0.39 is 5.91 Å². The van der Waals surface area contributed by atoms with Gasteiger partial charge in [-0.1, -0.05) is 24.3 Å². The van der Waals surface area contributed by atoms with Crippen molar-refractivity contribution in [2.75, 3.05) is 19.6 Å². The summed E-state index contributed by atoms with van der Waals surface area (Å²) in [4.78, 5) is 25.3. The highest BCUT2D eigenvalue weighted by molar-refractivity contribution is 5.85. The van der Waals surface area contributed by atoms with E-state index in [1.807, 2.05) is 31.2 Å². The Bertz CT molecular complexity index is 496. The summed E-state index contributed by atoms with van der Waals surface area (Å²) in [6.07, 6.45) is 1.18. The number of aryl methyl sites for hydroxylation is 1. The number of primary amides is 1. The summed E-state index contributed by atoms with van der Waals surface area (Å²) in [5.74, 6) is -0.498. The first-order valence-electron chi connectivity index (χ1n) is 6.91. The van der Waals surface area contributed by atoms with Crippen molar-refractivity contribution in [1.29, 1.82) is 0 Å². The van der Waals surface area contributed by atoms with Gasteiger partial charge in [-0.15, -0.1) is 0 Å². The highest BCUT2D eigenvalue weighted by Crippen LogP contribution is 2.13. The summed E-state index contributed by atoms with van der Waals surface area (Å²) in [7, 11) is 0. The number of carbonyl (C=O) groups is 2. The molecular weight excluding hydrogens is 254 g/mol. The average Bonchev–Trinajstić information content (AvgIpc) is 2.92. The first kappa shape index (κ1) is 14.5. The highest BCUT2D eigenvalue weighted by Gasteiger charge is 2.27.